The molecule has 1 aromatic heterocycles. The Labute approximate surface area is 86.0 Å². The minimum atomic E-state index is 0.412. The smallest absolute Gasteiger partial charge is 0.129 e. The molecule has 3 heteroatoms. The van der Waals surface area contributed by atoms with Gasteiger partial charge < -0.3 is 5.32 Å². The van der Waals surface area contributed by atoms with Crippen molar-refractivity contribution in [2.24, 2.45) is 0 Å². The fourth-order valence-corrected chi connectivity index (χ4v) is 1.23. The Kier molecular flexibility index (Phi) is 3.86. The summed E-state index contributed by atoms with van der Waals surface area (Å²) in [6, 6.07) is 2.45. The molecule has 1 heterocycles. The zero-order valence-corrected chi connectivity index (χ0v) is 9.41. The number of nitrogens with zero attached hydrogens (tertiary/aromatic N) is 2. The summed E-state index contributed by atoms with van der Waals surface area (Å²) in [6.07, 6.45) is 2.74. The third-order valence-electron chi connectivity index (χ3n) is 2.24. The number of hydrogen-bond donors (Lipinski definition) is 1. The molecule has 1 aromatic rings. The highest BCUT2D eigenvalue weighted by Crippen LogP contribution is 2.17. The number of hydrogen-bond acceptors (Lipinski definition) is 3. The molecule has 1 rings (SSSR count). The van der Waals surface area contributed by atoms with Crippen LogP contribution in [0.5, 0.6) is 0 Å². The lowest BCUT2D eigenvalue weighted by Crippen LogP contribution is -2.11. The summed E-state index contributed by atoms with van der Waals surface area (Å²) in [7, 11) is 0. The molecule has 0 bridgehead atoms. The molecule has 3 nitrogen and oxygen atoms in total. The van der Waals surface area contributed by atoms with E-state index in [0.717, 1.165) is 17.9 Å². The van der Waals surface area contributed by atoms with Gasteiger partial charge in [0, 0.05) is 17.8 Å². The van der Waals surface area contributed by atoms with Crippen molar-refractivity contribution in [1.29, 1.82) is 0 Å². The summed E-state index contributed by atoms with van der Waals surface area (Å²) in [5.41, 5.74) is 1.12. The zero-order chi connectivity index (χ0) is 10.6. The Balaban J connectivity index is 2.78. The summed E-state index contributed by atoms with van der Waals surface area (Å²) in [6.45, 7) is 8.56. The van der Waals surface area contributed by atoms with Crippen LogP contribution in [0.1, 0.15) is 45.7 Å². The Hall–Kier alpha value is -1.12. The van der Waals surface area contributed by atoms with Crippen LogP contribution in [0.3, 0.4) is 0 Å². The third kappa shape index (κ3) is 2.98. The van der Waals surface area contributed by atoms with Gasteiger partial charge in [-0.2, -0.15) is 0 Å². The maximum atomic E-state index is 4.27. The molecule has 0 amide bonds. The van der Waals surface area contributed by atoms with Crippen LogP contribution in [0.25, 0.3) is 0 Å². The van der Waals surface area contributed by atoms with Gasteiger partial charge in [0.25, 0.3) is 0 Å². The first-order chi connectivity index (χ1) is 6.63. The molecule has 14 heavy (non-hydrogen) atoms. The van der Waals surface area contributed by atoms with Gasteiger partial charge in [0.15, 0.2) is 0 Å². The summed E-state index contributed by atoms with van der Waals surface area (Å²) in [5, 5.41) is 3.27. The lowest BCUT2D eigenvalue weighted by molar-refractivity contribution is 0.704. The molecule has 0 saturated heterocycles. The van der Waals surface area contributed by atoms with E-state index < -0.39 is 0 Å². The average molecular weight is 193 g/mol. The monoisotopic (exact) mass is 193 g/mol. The van der Waals surface area contributed by atoms with Crippen LogP contribution in [-0.2, 0) is 0 Å². The number of anilines is 1. The van der Waals surface area contributed by atoms with E-state index in [1.54, 1.807) is 6.33 Å². The fourth-order valence-electron chi connectivity index (χ4n) is 1.23. The largest absolute Gasteiger partial charge is 0.368 e. The Morgan fingerprint density at radius 1 is 1.29 bits per heavy atom. The van der Waals surface area contributed by atoms with Crippen LogP contribution in [-0.4, -0.2) is 16.0 Å². The summed E-state index contributed by atoms with van der Waals surface area (Å²) < 4.78 is 0. The second-order valence-corrected chi connectivity index (χ2v) is 3.94. The average Bonchev–Trinajstić information content (AvgIpc) is 2.16. The van der Waals surface area contributed by atoms with Gasteiger partial charge in [-0.1, -0.05) is 13.8 Å². The van der Waals surface area contributed by atoms with E-state index in [0.29, 0.717) is 12.0 Å². The highest BCUT2D eigenvalue weighted by atomic mass is 15.0. The summed E-state index contributed by atoms with van der Waals surface area (Å²) in [4.78, 5) is 8.44. The summed E-state index contributed by atoms with van der Waals surface area (Å²) in [5.74, 6) is 1.43. The van der Waals surface area contributed by atoms with Gasteiger partial charge in [-0.05, 0) is 26.2 Å². The van der Waals surface area contributed by atoms with E-state index in [4.69, 9.17) is 0 Å². The minimum absolute atomic E-state index is 0.412. The topological polar surface area (TPSA) is 37.8 Å². The van der Waals surface area contributed by atoms with Crippen molar-refractivity contribution in [2.75, 3.05) is 5.32 Å². The number of nitrogens with one attached hydrogen (secondary N) is 1. The first-order valence-corrected chi connectivity index (χ1v) is 5.22. The van der Waals surface area contributed by atoms with Gasteiger partial charge in [0.2, 0.25) is 0 Å². The molecule has 0 spiro atoms. The molecule has 78 valence electrons. The van der Waals surface area contributed by atoms with Crippen LogP contribution < -0.4 is 5.32 Å². The molecule has 0 aliphatic carbocycles. The third-order valence-corrected chi connectivity index (χ3v) is 2.24. The quantitative estimate of drug-likeness (QED) is 0.799. The van der Waals surface area contributed by atoms with E-state index >= 15 is 0 Å². The Bertz CT molecular complexity index is 284. The molecule has 1 atom stereocenters. The number of rotatable bonds is 4. The molecule has 0 radical (unpaired) electrons. The van der Waals surface area contributed by atoms with Crippen molar-refractivity contribution in [3.63, 3.8) is 0 Å². The maximum Gasteiger partial charge on any atom is 0.129 e. The Morgan fingerprint density at radius 2 is 2.00 bits per heavy atom. The fraction of sp³-hybridized carbons (Fsp3) is 0.636. The van der Waals surface area contributed by atoms with Crippen molar-refractivity contribution < 1.29 is 0 Å². The van der Waals surface area contributed by atoms with Gasteiger partial charge >= 0.3 is 0 Å². The molecule has 0 aliphatic rings. The van der Waals surface area contributed by atoms with Gasteiger partial charge in [-0.3, -0.25) is 0 Å². The summed E-state index contributed by atoms with van der Waals surface area (Å²) >= 11 is 0. The van der Waals surface area contributed by atoms with Crippen LogP contribution in [0.15, 0.2) is 12.4 Å². The van der Waals surface area contributed by atoms with E-state index in [2.05, 4.69) is 43.0 Å². The standard InChI is InChI=1S/C11H19N3/c1-5-9(4)10-6-11(13-7-12-10)14-8(2)3/h6-9H,5H2,1-4H3,(H,12,13,14). The van der Waals surface area contributed by atoms with Gasteiger partial charge in [0.1, 0.15) is 12.1 Å². The van der Waals surface area contributed by atoms with E-state index in [1.165, 1.54) is 0 Å². The van der Waals surface area contributed by atoms with Crippen LogP contribution >= 0.6 is 0 Å². The molecule has 0 aromatic carbocycles. The first kappa shape index (κ1) is 11.0. The number of aromatic nitrogens is 2. The first-order valence-electron chi connectivity index (χ1n) is 5.22. The maximum absolute atomic E-state index is 4.27. The van der Waals surface area contributed by atoms with E-state index in [9.17, 15) is 0 Å². The second kappa shape index (κ2) is 4.94. The second-order valence-electron chi connectivity index (χ2n) is 3.94. The molecule has 1 N–H and O–H groups in total. The Morgan fingerprint density at radius 3 is 2.57 bits per heavy atom. The van der Waals surface area contributed by atoms with Gasteiger partial charge in [0.05, 0.1) is 0 Å². The minimum Gasteiger partial charge on any atom is -0.368 e. The molecule has 0 fully saturated rings. The molecule has 0 saturated carbocycles. The van der Waals surface area contributed by atoms with Crippen molar-refractivity contribution in [1.82, 2.24) is 9.97 Å². The SMILES string of the molecule is CCC(C)c1cc(NC(C)C)ncn1. The predicted octanol–water partition coefficient (Wildman–Crippen LogP) is 2.81. The zero-order valence-electron chi connectivity index (χ0n) is 9.41. The highest BCUT2D eigenvalue weighted by molar-refractivity contribution is 5.36. The lowest BCUT2D eigenvalue weighted by atomic mass is 10.1. The highest BCUT2D eigenvalue weighted by Gasteiger charge is 2.06. The van der Waals surface area contributed by atoms with E-state index in [1.807, 2.05) is 6.07 Å². The van der Waals surface area contributed by atoms with Crippen molar-refractivity contribution >= 4 is 5.82 Å². The molecule has 0 aliphatic heterocycles. The van der Waals surface area contributed by atoms with Crippen LogP contribution in [0.2, 0.25) is 0 Å². The van der Waals surface area contributed by atoms with Gasteiger partial charge in [-0.15, -0.1) is 0 Å². The van der Waals surface area contributed by atoms with Crippen molar-refractivity contribution in [3.8, 4) is 0 Å². The van der Waals surface area contributed by atoms with Crippen molar-refractivity contribution in [2.45, 2.75) is 46.1 Å². The van der Waals surface area contributed by atoms with Crippen LogP contribution in [0.4, 0.5) is 5.82 Å². The van der Waals surface area contributed by atoms with Gasteiger partial charge in [-0.25, -0.2) is 9.97 Å². The van der Waals surface area contributed by atoms with Crippen LogP contribution in [0, 0.1) is 0 Å². The molecular formula is C11H19N3. The molecule has 1 unspecified atom stereocenters. The van der Waals surface area contributed by atoms with Crippen molar-refractivity contribution in [3.05, 3.63) is 18.1 Å². The van der Waals surface area contributed by atoms with E-state index in [-0.39, 0.29) is 0 Å². The predicted molar refractivity (Wildman–Crippen MR) is 59.5 cm³/mol. The lowest BCUT2D eigenvalue weighted by Gasteiger charge is -2.12. The molecular weight excluding hydrogens is 174 g/mol. The normalized spacial score (nSPS) is 12.9.